The Balaban J connectivity index is 1.11. The first-order valence-electron chi connectivity index (χ1n) is 15.0. The number of amides is 5. The highest BCUT2D eigenvalue weighted by Gasteiger charge is 2.51. The Kier molecular flexibility index (Phi) is 10.8. The van der Waals surface area contributed by atoms with Gasteiger partial charge in [0.2, 0.25) is 23.6 Å². The number of nitrogens with one attached hydrogen (secondary N) is 5. The predicted octanol–water partition coefficient (Wildman–Crippen LogP) is 1.60. The molecule has 6 atom stereocenters. The number of carbonyl (C=O) groups excluding carboxylic acids is 5. The number of aliphatic hydroxyl groups excluding tert-OH is 1. The van der Waals surface area contributed by atoms with Crippen molar-refractivity contribution in [1.82, 2.24) is 21.3 Å². The Morgan fingerprint density at radius 3 is 2.28 bits per heavy atom. The van der Waals surface area contributed by atoms with Crippen LogP contribution in [0.2, 0.25) is 0 Å². The van der Waals surface area contributed by atoms with E-state index in [1.54, 1.807) is 43.7 Å². The van der Waals surface area contributed by atoms with Gasteiger partial charge in [-0.15, -0.1) is 0 Å². The number of aliphatic hydroxyl groups is 1. The average molecular weight is 598 g/mol. The first-order chi connectivity index (χ1) is 20.5. The molecule has 0 aliphatic heterocycles. The third-order valence-electron chi connectivity index (χ3n) is 8.54. The Morgan fingerprint density at radius 1 is 0.884 bits per heavy atom. The summed E-state index contributed by atoms with van der Waals surface area (Å²) in [5.41, 5.74) is 2.80. The van der Waals surface area contributed by atoms with Crippen molar-refractivity contribution in [2.75, 3.05) is 25.0 Å². The lowest BCUT2D eigenvalue weighted by Gasteiger charge is -2.24. The molecule has 4 rings (SSSR count). The summed E-state index contributed by atoms with van der Waals surface area (Å²) in [5, 5.41) is 21.8. The predicted molar refractivity (Wildman–Crippen MR) is 158 cm³/mol. The lowest BCUT2D eigenvalue weighted by atomic mass is 10.0. The summed E-state index contributed by atoms with van der Waals surface area (Å²) in [6.45, 7) is 4.51. The highest BCUT2D eigenvalue weighted by atomic mass is 16.5. The lowest BCUT2D eigenvalue weighted by Crippen LogP contribution is -2.55. The quantitative estimate of drug-likeness (QED) is 0.187. The molecular formula is C31H43N5O7. The molecule has 0 saturated heterocycles. The van der Waals surface area contributed by atoms with E-state index in [0.29, 0.717) is 41.5 Å². The van der Waals surface area contributed by atoms with E-state index >= 15 is 0 Å². The van der Waals surface area contributed by atoms with Gasteiger partial charge in [0.15, 0.2) is 0 Å². The van der Waals surface area contributed by atoms with Crippen LogP contribution in [-0.2, 0) is 30.5 Å². The molecule has 1 aromatic carbocycles. The minimum atomic E-state index is -0.946. The number of carbonyl (C=O) groups is 5. The summed E-state index contributed by atoms with van der Waals surface area (Å²) in [6.07, 6.45) is 6.39. The molecule has 0 bridgehead atoms. The van der Waals surface area contributed by atoms with Gasteiger partial charge in [-0.3, -0.25) is 19.2 Å². The van der Waals surface area contributed by atoms with E-state index in [1.165, 1.54) is 19.8 Å². The highest BCUT2D eigenvalue weighted by Crippen LogP contribution is 2.57. The normalized spacial score (nSPS) is 23.0. The fraction of sp³-hybridized carbons (Fsp3) is 0.581. The van der Waals surface area contributed by atoms with Crippen molar-refractivity contribution in [2.24, 2.45) is 29.6 Å². The molecule has 6 N–H and O–H groups in total. The van der Waals surface area contributed by atoms with Gasteiger partial charge in [-0.1, -0.05) is 37.6 Å². The molecule has 2 fully saturated rings. The number of rotatable bonds is 13. The van der Waals surface area contributed by atoms with Crippen LogP contribution in [0.25, 0.3) is 0 Å². The van der Waals surface area contributed by atoms with Crippen molar-refractivity contribution >= 4 is 35.4 Å². The molecule has 234 valence electrons. The Morgan fingerprint density at radius 2 is 1.58 bits per heavy atom. The number of hydrogen-bond acceptors (Lipinski definition) is 7. The zero-order valence-electron chi connectivity index (χ0n) is 25.0. The third kappa shape index (κ3) is 9.28. The van der Waals surface area contributed by atoms with Crippen molar-refractivity contribution in [1.29, 1.82) is 0 Å². The molecule has 2 unspecified atom stereocenters. The minimum absolute atomic E-state index is 0.113. The lowest BCUT2D eigenvalue weighted by molar-refractivity contribution is -0.132. The zero-order valence-corrected chi connectivity index (χ0v) is 25.0. The van der Waals surface area contributed by atoms with Crippen LogP contribution in [0.3, 0.4) is 0 Å². The molecule has 5 amide bonds. The van der Waals surface area contributed by atoms with Gasteiger partial charge in [-0.2, -0.15) is 0 Å². The molecule has 3 aliphatic carbocycles. The summed E-state index contributed by atoms with van der Waals surface area (Å²) in [5.74, 6) is -0.119. The summed E-state index contributed by atoms with van der Waals surface area (Å²) in [6, 6.07) is 4.79. The molecular weight excluding hydrogens is 554 g/mol. The van der Waals surface area contributed by atoms with E-state index in [4.69, 9.17) is 9.84 Å². The number of fused-ring (bicyclic) bond motifs is 2. The molecule has 0 radical (unpaired) electrons. The van der Waals surface area contributed by atoms with Gasteiger partial charge in [-0.25, -0.2) is 4.79 Å². The fourth-order valence-electron chi connectivity index (χ4n) is 5.77. The van der Waals surface area contributed by atoms with Crippen molar-refractivity contribution in [2.45, 2.75) is 65.1 Å². The first kappa shape index (κ1) is 32.0. The van der Waals surface area contributed by atoms with Gasteiger partial charge in [0.1, 0.15) is 18.6 Å². The van der Waals surface area contributed by atoms with E-state index < -0.39 is 48.4 Å². The van der Waals surface area contributed by atoms with Gasteiger partial charge in [0.25, 0.3) is 0 Å². The topological polar surface area (TPSA) is 175 Å². The Bertz CT molecular complexity index is 1230. The first-order valence-corrected chi connectivity index (χ1v) is 15.0. The highest BCUT2D eigenvalue weighted by molar-refractivity contribution is 5.98. The minimum Gasteiger partial charge on any atom is -0.449 e. The van der Waals surface area contributed by atoms with E-state index in [9.17, 15) is 24.0 Å². The summed E-state index contributed by atoms with van der Waals surface area (Å²) in [7, 11) is 0. The number of ether oxygens (including phenoxy) is 1. The van der Waals surface area contributed by atoms with Crippen LogP contribution < -0.4 is 26.6 Å². The van der Waals surface area contributed by atoms with Gasteiger partial charge in [0, 0.05) is 5.69 Å². The molecule has 0 heterocycles. The number of benzene rings is 1. The van der Waals surface area contributed by atoms with Crippen molar-refractivity contribution in [3.63, 3.8) is 0 Å². The van der Waals surface area contributed by atoms with Gasteiger partial charge in [-0.05, 0) is 79.9 Å². The second kappa shape index (κ2) is 14.5. The molecule has 1 aromatic rings. The molecule has 43 heavy (non-hydrogen) atoms. The molecule has 12 heteroatoms. The van der Waals surface area contributed by atoms with E-state index in [1.807, 2.05) is 0 Å². The molecule has 3 aliphatic rings. The standard InChI is InChI=1S/C31H43N5O7/c1-17(2)28(30(41)34-18(3)29(40)35-22-8-4-19(15-37)5-9-22)36-27(39)14-32-26(38)13-33-31(42)43-16-25-23-10-6-20-12-21(20)7-11-24(23)25/h4-5,8-9,12,17-18,20,23-25,28,37H,6-7,10-11,13-16H2,1-3H3,(H,32,38)(H,33,42)(H,34,41)(H,35,40)(H,36,39)/t18-,20?,23+,24-,25?,28-/m0/s1. The largest absolute Gasteiger partial charge is 0.449 e. The van der Waals surface area contributed by atoms with E-state index in [0.717, 1.165) is 12.8 Å². The Labute approximate surface area is 251 Å². The van der Waals surface area contributed by atoms with Gasteiger partial charge in [0.05, 0.1) is 19.8 Å². The number of hydrogen-bond donors (Lipinski definition) is 6. The molecule has 2 saturated carbocycles. The number of allylic oxidation sites excluding steroid dienone is 2. The molecule has 0 aromatic heterocycles. The smallest absolute Gasteiger partial charge is 0.407 e. The summed E-state index contributed by atoms with van der Waals surface area (Å²) >= 11 is 0. The van der Waals surface area contributed by atoms with Crippen LogP contribution in [0.4, 0.5) is 10.5 Å². The maximum atomic E-state index is 12.8. The van der Waals surface area contributed by atoms with E-state index in [-0.39, 0.29) is 19.1 Å². The molecule has 0 spiro atoms. The van der Waals surface area contributed by atoms with Gasteiger partial charge < -0.3 is 36.4 Å². The fourth-order valence-corrected chi connectivity index (χ4v) is 5.77. The molecule has 12 nitrogen and oxygen atoms in total. The second-order valence-electron chi connectivity index (χ2n) is 12.0. The average Bonchev–Trinajstić information content (AvgIpc) is 3.88. The van der Waals surface area contributed by atoms with Crippen molar-refractivity contribution < 1.29 is 33.8 Å². The maximum Gasteiger partial charge on any atom is 0.407 e. The SMILES string of the molecule is CC(C)[C@H](NC(=O)CNC(=O)CNC(=O)OCC1[C@H]2CCC3=CC3CC[C@@H]12)C(=O)N[C@@H](C)C(=O)Nc1ccc(CO)cc1. The summed E-state index contributed by atoms with van der Waals surface area (Å²) in [4.78, 5) is 62.1. The monoisotopic (exact) mass is 597 g/mol. The van der Waals surface area contributed by atoms with Crippen LogP contribution in [0.1, 0.15) is 52.0 Å². The van der Waals surface area contributed by atoms with Crippen LogP contribution >= 0.6 is 0 Å². The number of alkyl carbamates (subject to hydrolysis) is 1. The zero-order chi connectivity index (χ0) is 31.1. The summed E-state index contributed by atoms with van der Waals surface area (Å²) < 4.78 is 5.34. The van der Waals surface area contributed by atoms with Crippen LogP contribution in [0.15, 0.2) is 35.9 Å². The van der Waals surface area contributed by atoms with Crippen LogP contribution in [0, 0.1) is 29.6 Å². The third-order valence-corrected chi connectivity index (χ3v) is 8.54. The van der Waals surface area contributed by atoms with Crippen LogP contribution in [0.5, 0.6) is 0 Å². The maximum absolute atomic E-state index is 12.8. The number of anilines is 1. The van der Waals surface area contributed by atoms with Crippen molar-refractivity contribution in [3.8, 4) is 0 Å². The van der Waals surface area contributed by atoms with Crippen LogP contribution in [-0.4, -0.2) is 66.6 Å². The second-order valence-corrected chi connectivity index (χ2v) is 12.0. The van der Waals surface area contributed by atoms with Crippen molar-refractivity contribution in [3.05, 3.63) is 41.5 Å². The Hall–Kier alpha value is -3.93. The van der Waals surface area contributed by atoms with E-state index in [2.05, 4.69) is 32.7 Å². The van der Waals surface area contributed by atoms with Gasteiger partial charge >= 0.3 is 6.09 Å².